The van der Waals surface area contributed by atoms with Crippen LogP contribution >= 0.6 is 11.3 Å². The summed E-state index contributed by atoms with van der Waals surface area (Å²) in [6.45, 7) is 1.79. The van der Waals surface area contributed by atoms with Crippen molar-refractivity contribution >= 4 is 23.2 Å². The van der Waals surface area contributed by atoms with Crippen LogP contribution in [-0.2, 0) is 9.59 Å². The fraction of sp³-hybridized carbons (Fsp3) is 0.455. The minimum absolute atomic E-state index is 0.210. The van der Waals surface area contributed by atoms with E-state index >= 15 is 0 Å². The molecule has 1 aromatic rings. The summed E-state index contributed by atoms with van der Waals surface area (Å²) in [5.74, 6) is -1.43. The normalized spacial score (nSPS) is 18.8. The molecule has 1 atom stereocenters. The highest BCUT2D eigenvalue weighted by Crippen LogP contribution is 2.36. The number of nitrogens with one attached hydrogen (secondary N) is 1. The van der Waals surface area contributed by atoms with Gasteiger partial charge in [0.15, 0.2) is 0 Å². The molecule has 1 aliphatic carbocycles. The van der Waals surface area contributed by atoms with Crippen molar-refractivity contribution in [3.8, 4) is 0 Å². The maximum atomic E-state index is 11.8. The first-order valence-electron chi connectivity index (χ1n) is 5.13. The third-order valence-electron chi connectivity index (χ3n) is 2.96. The van der Waals surface area contributed by atoms with Crippen LogP contribution in [0.3, 0.4) is 0 Å². The van der Waals surface area contributed by atoms with Gasteiger partial charge in [-0.05, 0) is 42.2 Å². The molecule has 86 valence electrons. The summed E-state index contributed by atoms with van der Waals surface area (Å²) in [6, 6.07) is 1.88. The summed E-state index contributed by atoms with van der Waals surface area (Å²) in [6.07, 6.45) is 1.06. The first kappa shape index (κ1) is 11.1. The molecule has 2 rings (SSSR count). The van der Waals surface area contributed by atoms with Gasteiger partial charge >= 0.3 is 5.97 Å². The van der Waals surface area contributed by atoms with Gasteiger partial charge in [0.05, 0.1) is 5.92 Å². The SMILES string of the molecule is CC(C(=O)NC1(C(=O)O)CC1)c1ccsc1. The third-order valence-corrected chi connectivity index (χ3v) is 3.66. The van der Waals surface area contributed by atoms with Gasteiger partial charge in [-0.3, -0.25) is 4.79 Å². The molecule has 0 saturated heterocycles. The summed E-state index contributed by atoms with van der Waals surface area (Å²) in [7, 11) is 0. The Balaban J connectivity index is 2.01. The van der Waals surface area contributed by atoms with Crippen molar-refractivity contribution in [3.05, 3.63) is 22.4 Å². The minimum atomic E-state index is -0.985. The van der Waals surface area contributed by atoms with Crippen LogP contribution in [0.2, 0.25) is 0 Å². The zero-order chi connectivity index (χ0) is 11.8. The Hall–Kier alpha value is -1.36. The van der Waals surface area contributed by atoms with Crippen molar-refractivity contribution in [1.82, 2.24) is 5.32 Å². The number of carboxylic acid groups (broad SMARTS) is 1. The van der Waals surface area contributed by atoms with Crippen molar-refractivity contribution in [1.29, 1.82) is 0 Å². The lowest BCUT2D eigenvalue weighted by Crippen LogP contribution is -2.44. The Labute approximate surface area is 97.3 Å². The molecule has 16 heavy (non-hydrogen) atoms. The lowest BCUT2D eigenvalue weighted by Gasteiger charge is -2.16. The molecular formula is C11H13NO3S. The molecule has 0 aliphatic heterocycles. The molecule has 1 saturated carbocycles. The van der Waals surface area contributed by atoms with Crippen molar-refractivity contribution in [2.45, 2.75) is 31.2 Å². The molecule has 0 radical (unpaired) electrons. The summed E-state index contributed by atoms with van der Waals surface area (Å²) in [5, 5.41) is 15.4. The van der Waals surface area contributed by atoms with E-state index in [4.69, 9.17) is 5.11 Å². The van der Waals surface area contributed by atoms with E-state index < -0.39 is 11.5 Å². The second-order valence-corrected chi connectivity index (χ2v) is 4.93. The number of rotatable bonds is 4. The molecule has 0 bridgehead atoms. The molecule has 2 N–H and O–H groups in total. The average Bonchev–Trinajstić information content (AvgIpc) is 2.83. The monoisotopic (exact) mass is 239 g/mol. The number of carbonyl (C=O) groups excluding carboxylic acids is 1. The van der Waals surface area contributed by atoms with Gasteiger partial charge in [-0.1, -0.05) is 0 Å². The fourth-order valence-corrected chi connectivity index (χ4v) is 2.29. The lowest BCUT2D eigenvalue weighted by molar-refractivity contribution is -0.143. The van der Waals surface area contributed by atoms with Crippen LogP contribution in [0, 0.1) is 0 Å². The van der Waals surface area contributed by atoms with Crippen LogP contribution in [0.5, 0.6) is 0 Å². The second-order valence-electron chi connectivity index (χ2n) is 4.15. The highest BCUT2D eigenvalue weighted by Gasteiger charge is 2.52. The largest absolute Gasteiger partial charge is 0.480 e. The molecule has 4 nitrogen and oxygen atoms in total. The van der Waals surface area contributed by atoms with E-state index in [0.29, 0.717) is 12.8 Å². The van der Waals surface area contributed by atoms with E-state index in [-0.39, 0.29) is 11.8 Å². The van der Waals surface area contributed by atoms with Crippen molar-refractivity contribution in [3.63, 3.8) is 0 Å². The summed E-state index contributed by atoms with van der Waals surface area (Å²) in [4.78, 5) is 22.7. The van der Waals surface area contributed by atoms with Crippen LogP contribution in [0.1, 0.15) is 31.2 Å². The van der Waals surface area contributed by atoms with Crippen LogP contribution in [0.15, 0.2) is 16.8 Å². The number of carbonyl (C=O) groups is 2. The van der Waals surface area contributed by atoms with Crippen molar-refractivity contribution < 1.29 is 14.7 Å². The third kappa shape index (κ3) is 1.95. The van der Waals surface area contributed by atoms with Gasteiger partial charge in [-0.2, -0.15) is 11.3 Å². The lowest BCUT2D eigenvalue weighted by atomic mass is 10.0. The molecule has 1 heterocycles. The number of hydrogen-bond donors (Lipinski definition) is 2. The molecule has 1 amide bonds. The molecule has 1 aromatic heterocycles. The highest BCUT2D eigenvalue weighted by molar-refractivity contribution is 7.08. The molecule has 1 aliphatic rings. The predicted molar refractivity (Wildman–Crippen MR) is 60.5 cm³/mol. The van der Waals surface area contributed by atoms with E-state index in [9.17, 15) is 9.59 Å². The van der Waals surface area contributed by atoms with Gasteiger partial charge in [0.2, 0.25) is 5.91 Å². The van der Waals surface area contributed by atoms with Crippen molar-refractivity contribution in [2.24, 2.45) is 0 Å². The van der Waals surface area contributed by atoms with Gasteiger partial charge in [-0.15, -0.1) is 0 Å². The molecule has 1 fully saturated rings. The van der Waals surface area contributed by atoms with Crippen LogP contribution < -0.4 is 5.32 Å². The molecule has 0 aromatic carbocycles. The van der Waals surface area contributed by atoms with E-state index in [1.807, 2.05) is 16.8 Å². The molecular weight excluding hydrogens is 226 g/mol. The van der Waals surface area contributed by atoms with E-state index in [0.717, 1.165) is 5.56 Å². The first-order valence-corrected chi connectivity index (χ1v) is 6.07. The number of hydrogen-bond acceptors (Lipinski definition) is 3. The van der Waals surface area contributed by atoms with E-state index in [1.165, 1.54) is 11.3 Å². The molecule has 0 spiro atoms. The van der Waals surface area contributed by atoms with Crippen LogP contribution in [0.4, 0.5) is 0 Å². The summed E-state index contributed by atoms with van der Waals surface area (Å²) in [5.41, 5.74) is -0.0508. The Morgan fingerprint density at radius 3 is 2.69 bits per heavy atom. The quantitative estimate of drug-likeness (QED) is 0.838. The average molecular weight is 239 g/mol. The van der Waals surface area contributed by atoms with Crippen molar-refractivity contribution in [2.75, 3.05) is 0 Å². The Kier molecular flexibility index (Phi) is 2.71. The standard InChI is InChI=1S/C11H13NO3S/c1-7(8-2-5-16-6-8)9(13)12-11(3-4-11)10(14)15/h2,5-7H,3-4H2,1H3,(H,12,13)(H,14,15). The predicted octanol–water partition coefficient (Wildman–Crippen LogP) is 1.58. The number of aliphatic carboxylic acids is 1. The zero-order valence-corrected chi connectivity index (χ0v) is 9.71. The van der Waals surface area contributed by atoms with Crippen LogP contribution in [0.25, 0.3) is 0 Å². The topological polar surface area (TPSA) is 66.4 Å². The maximum Gasteiger partial charge on any atom is 0.329 e. The minimum Gasteiger partial charge on any atom is -0.480 e. The molecule has 1 unspecified atom stereocenters. The van der Waals surface area contributed by atoms with Gasteiger partial charge in [0.1, 0.15) is 5.54 Å². The first-order chi connectivity index (χ1) is 7.55. The fourth-order valence-electron chi connectivity index (χ4n) is 1.53. The number of amides is 1. The van der Waals surface area contributed by atoms with Gasteiger partial charge in [-0.25, -0.2) is 4.79 Å². The summed E-state index contributed by atoms with van der Waals surface area (Å²) >= 11 is 1.53. The summed E-state index contributed by atoms with van der Waals surface area (Å²) < 4.78 is 0. The zero-order valence-electron chi connectivity index (χ0n) is 8.90. The van der Waals surface area contributed by atoms with Crippen LogP contribution in [-0.4, -0.2) is 22.5 Å². The van der Waals surface area contributed by atoms with Gasteiger partial charge in [0.25, 0.3) is 0 Å². The highest BCUT2D eigenvalue weighted by atomic mass is 32.1. The molecule has 5 heteroatoms. The van der Waals surface area contributed by atoms with Gasteiger partial charge < -0.3 is 10.4 Å². The van der Waals surface area contributed by atoms with E-state index in [1.54, 1.807) is 6.92 Å². The van der Waals surface area contributed by atoms with E-state index in [2.05, 4.69) is 5.32 Å². The Bertz CT molecular complexity index is 409. The number of carboxylic acids is 1. The maximum absolute atomic E-state index is 11.8. The second kappa shape index (κ2) is 3.90. The van der Waals surface area contributed by atoms with Gasteiger partial charge in [0, 0.05) is 0 Å². The Morgan fingerprint density at radius 1 is 1.56 bits per heavy atom. The smallest absolute Gasteiger partial charge is 0.329 e. The number of thiophene rings is 1. The Morgan fingerprint density at radius 2 is 2.25 bits per heavy atom.